The zero-order chi connectivity index (χ0) is 51.1. The Balaban J connectivity index is 1.13. The van der Waals surface area contributed by atoms with Crippen molar-refractivity contribution in [3.05, 3.63) is 36.5 Å². The van der Waals surface area contributed by atoms with Crippen LogP contribution < -0.4 is 0 Å². The van der Waals surface area contributed by atoms with Gasteiger partial charge in [-0.25, -0.2) is 4.79 Å². The van der Waals surface area contributed by atoms with E-state index in [1.54, 1.807) is 20.3 Å². The Morgan fingerprint density at radius 1 is 0.803 bits per heavy atom. The summed E-state index contributed by atoms with van der Waals surface area (Å²) in [5.41, 5.74) is 0. The number of alkyl halides is 1. The van der Waals surface area contributed by atoms with Crippen LogP contribution in [0.3, 0.4) is 0 Å². The van der Waals surface area contributed by atoms with Gasteiger partial charge in [0.15, 0.2) is 23.5 Å². The quantitative estimate of drug-likeness (QED) is 0.0936. The Labute approximate surface area is 424 Å². The van der Waals surface area contributed by atoms with E-state index in [-0.39, 0.29) is 50.0 Å². The topological polar surface area (TPSA) is 228 Å². The highest BCUT2D eigenvalue weighted by atomic mass is 35.5. The number of ether oxygens (including phenoxy) is 10. The van der Waals surface area contributed by atoms with Gasteiger partial charge in [0, 0.05) is 71.7 Å². The normalized spacial score (nSPS) is 45.7. The lowest BCUT2D eigenvalue weighted by Crippen LogP contribution is -2.61. The van der Waals surface area contributed by atoms with Gasteiger partial charge in [-0.3, -0.25) is 4.79 Å². The molecule has 0 radical (unpaired) electrons. The maximum absolute atomic E-state index is 13.9. The second-order valence-corrected chi connectivity index (χ2v) is 22.1. The third kappa shape index (κ3) is 14.1. The molecule has 18 heteroatoms. The number of aliphatic carboxylic acids is 1. The molecular weight excluding hydrogens is 944 g/mol. The maximum Gasteiger partial charge on any atom is 0.333 e. The first kappa shape index (κ1) is 56.7. The number of aliphatic hydroxyl groups excluding tert-OH is 4. The van der Waals surface area contributed by atoms with Gasteiger partial charge in [0.05, 0.1) is 66.7 Å². The summed E-state index contributed by atoms with van der Waals surface area (Å²) in [4.78, 5) is 25.3. The van der Waals surface area contributed by atoms with Gasteiger partial charge in [-0.05, 0) is 82.6 Å². The summed E-state index contributed by atoms with van der Waals surface area (Å²) < 4.78 is 64.0. The number of halogens is 1. The Morgan fingerprint density at radius 3 is 2.30 bits per heavy atom. The molecule has 7 aliphatic rings. The number of esters is 1. The number of aliphatic hydroxyl groups is 4. The second-order valence-electron chi connectivity index (χ2n) is 21.6. The van der Waals surface area contributed by atoms with E-state index in [1.165, 1.54) is 7.11 Å². The average Bonchev–Trinajstić information content (AvgIpc) is 3.67. The van der Waals surface area contributed by atoms with Gasteiger partial charge in [-0.1, -0.05) is 51.2 Å². The van der Waals surface area contributed by atoms with Crippen LogP contribution in [0.1, 0.15) is 136 Å². The summed E-state index contributed by atoms with van der Waals surface area (Å²) in [5, 5.41) is 55.1. The second kappa shape index (κ2) is 25.2. The predicted octanol–water partition coefficient (Wildman–Crippen LogP) is 6.17. The van der Waals surface area contributed by atoms with Crippen LogP contribution in [0.2, 0.25) is 0 Å². The molecule has 0 aromatic heterocycles. The van der Waals surface area contributed by atoms with Crippen LogP contribution in [-0.2, 0) is 57.0 Å². The van der Waals surface area contributed by atoms with E-state index in [0.717, 1.165) is 6.42 Å². The number of carboxylic acid groups (broad SMARTS) is 1. The number of rotatable bonds is 10. The molecule has 0 aliphatic carbocycles. The van der Waals surface area contributed by atoms with E-state index in [2.05, 4.69) is 6.92 Å². The van der Waals surface area contributed by atoms with Crippen molar-refractivity contribution in [3.63, 3.8) is 0 Å². The molecule has 7 rings (SSSR count). The van der Waals surface area contributed by atoms with Crippen molar-refractivity contribution < 1.29 is 82.5 Å². The van der Waals surface area contributed by atoms with E-state index >= 15 is 0 Å². The zero-order valence-corrected chi connectivity index (χ0v) is 43.4. The van der Waals surface area contributed by atoms with E-state index in [0.29, 0.717) is 77.0 Å². The van der Waals surface area contributed by atoms with Crippen LogP contribution in [0.5, 0.6) is 0 Å². The summed E-state index contributed by atoms with van der Waals surface area (Å²) >= 11 is 7.16. The van der Waals surface area contributed by atoms with E-state index < -0.39 is 120 Å². The summed E-state index contributed by atoms with van der Waals surface area (Å²) in [5.74, 6) is -5.64. The first-order valence-electron chi connectivity index (χ1n) is 26.3. The van der Waals surface area contributed by atoms with Crippen LogP contribution >= 0.6 is 11.6 Å². The number of fused-ring (bicyclic) bond motifs is 6. The van der Waals surface area contributed by atoms with Crippen molar-refractivity contribution in [1.29, 1.82) is 0 Å². The molecule has 9 bridgehead atoms. The molecule has 21 atom stereocenters. The molecule has 5 N–H and O–H groups in total. The van der Waals surface area contributed by atoms with Gasteiger partial charge < -0.3 is 72.9 Å². The molecule has 404 valence electrons. The molecule has 0 aromatic rings. The number of methoxy groups -OCH3 is 3. The summed E-state index contributed by atoms with van der Waals surface area (Å²) in [7, 11) is 4.55. The molecule has 3 spiro atoms. The monoisotopic (exact) mass is 1030 g/mol. The van der Waals surface area contributed by atoms with Gasteiger partial charge >= 0.3 is 11.9 Å². The van der Waals surface area contributed by atoms with Gasteiger partial charge in [-0.15, -0.1) is 11.6 Å². The lowest BCUT2D eigenvalue weighted by atomic mass is 9.82. The fourth-order valence-electron chi connectivity index (χ4n) is 12.0. The molecule has 6 fully saturated rings. The summed E-state index contributed by atoms with van der Waals surface area (Å²) in [6, 6.07) is 0. The van der Waals surface area contributed by atoms with Crippen LogP contribution in [0.4, 0.5) is 0 Å². The van der Waals surface area contributed by atoms with Crippen molar-refractivity contribution in [2.24, 2.45) is 17.8 Å². The highest BCUT2D eigenvalue weighted by Gasteiger charge is 2.61. The van der Waals surface area contributed by atoms with Gasteiger partial charge in [0.25, 0.3) is 0 Å². The number of carbonyl (C=O) groups is 2. The Hall–Kier alpha value is -2.07. The van der Waals surface area contributed by atoms with Crippen molar-refractivity contribution >= 4 is 23.5 Å². The van der Waals surface area contributed by atoms with Crippen molar-refractivity contribution in [1.82, 2.24) is 0 Å². The molecule has 7 aliphatic heterocycles. The SMILES string of the molecule is COC(CC=CCC=CCC1OC23CC1OC(=O)CC1CCCC(CC(O)CC(O)CC4OC5(C=CC4C)CCC(OC)C(O5)C(O)C(O)C(C)CCC4OC(CCC2C)(CC(OC)C4Cl)O3)O1)C(=O)O. The van der Waals surface area contributed by atoms with Gasteiger partial charge in [0.2, 0.25) is 0 Å². The summed E-state index contributed by atoms with van der Waals surface area (Å²) in [6.07, 6.45) is 8.81. The van der Waals surface area contributed by atoms with Crippen LogP contribution in [0, 0.1) is 17.8 Å². The standard InChI is InChI=1S/C53H83ClO17/c1-31-19-22-51-24-21-40(62-4)49(70-51)48(59)47(58)32(2)17-18-39-46(54)44(64-6)29-52(67-39)23-20-33(3)53(71-52)30-43(38(69-53)15-10-8-7-9-11-16-41(63-5)50(60)61)66-45(57)28-37-14-12-13-36(65-37)26-34(55)25-35(56)27-42(31)68-51/h8-11,19,22,31-44,46-49,55-56,58-59H,7,12-18,20-21,23-30H2,1-6H3,(H,60,61). The number of allylic oxidation sites excluding steroid dienone is 2. The highest BCUT2D eigenvalue weighted by molar-refractivity contribution is 6.21. The minimum Gasteiger partial charge on any atom is -0.479 e. The first-order chi connectivity index (χ1) is 33.9. The molecule has 21 unspecified atom stereocenters. The molecule has 7 heterocycles. The molecule has 6 saturated heterocycles. The largest absolute Gasteiger partial charge is 0.479 e. The number of carboxylic acids is 1. The van der Waals surface area contributed by atoms with Gasteiger partial charge in [0.1, 0.15) is 24.4 Å². The smallest absolute Gasteiger partial charge is 0.333 e. The minimum absolute atomic E-state index is 0.0209. The molecular formula is C53H83ClO17. The Morgan fingerprint density at radius 2 is 1.55 bits per heavy atom. The maximum atomic E-state index is 13.9. The fraction of sp³-hybridized carbons (Fsp3) is 0.849. The minimum atomic E-state index is -1.34. The fourth-order valence-corrected chi connectivity index (χ4v) is 12.3. The van der Waals surface area contributed by atoms with Crippen molar-refractivity contribution in [2.75, 3.05) is 21.3 Å². The summed E-state index contributed by atoms with van der Waals surface area (Å²) in [6.45, 7) is 5.94. The number of hydrogen-bond acceptors (Lipinski definition) is 16. The van der Waals surface area contributed by atoms with Crippen molar-refractivity contribution in [3.8, 4) is 0 Å². The lowest BCUT2D eigenvalue weighted by molar-refractivity contribution is -0.413. The van der Waals surface area contributed by atoms with Crippen molar-refractivity contribution in [2.45, 2.75) is 245 Å². The Bertz CT molecular complexity index is 1820. The molecule has 0 saturated carbocycles. The first-order valence-corrected chi connectivity index (χ1v) is 26.8. The van der Waals surface area contributed by atoms with Crippen LogP contribution in [0.15, 0.2) is 36.5 Å². The highest BCUT2D eigenvalue weighted by Crippen LogP contribution is 2.53. The van der Waals surface area contributed by atoms with E-state index in [1.807, 2.05) is 44.2 Å². The van der Waals surface area contributed by atoms with Crippen LogP contribution in [-0.4, -0.2) is 167 Å². The molecule has 0 amide bonds. The lowest BCUT2D eigenvalue weighted by Gasteiger charge is -2.54. The predicted molar refractivity (Wildman–Crippen MR) is 259 cm³/mol. The molecule has 17 nitrogen and oxygen atoms in total. The van der Waals surface area contributed by atoms with E-state index in [9.17, 15) is 35.1 Å². The average molecular weight is 1030 g/mol. The molecule has 71 heavy (non-hydrogen) atoms. The third-order valence-electron chi connectivity index (χ3n) is 16.3. The number of carbonyl (C=O) groups excluding carboxylic acids is 1. The molecule has 0 aromatic carbocycles. The number of hydrogen-bond donors (Lipinski definition) is 5. The van der Waals surface area contributed by atoms with Gasteiger partial charge in [-0.2, -0.15) is 0 Å². The van der Waals surface area contributed by atoms with Crippen LogP contribution in [0.25, 0.3) is 0 Å². The Kier molecular flexibility index (Phi) is 20.1. The third-order valence-corrected chi connectivity index (χ3v) is 16.9. The van der Waals surface area contributed by atoms with E-state index in [4.69, 9.17) is 59.0 Å². The zero-order valence-electron chi connectivity index (χ0n) is 42.6.